The average Bonchev–Trinajstić information content (AvgIpc) is 2.91. The van der Waals surface area contributed by atoms with Gasteiger partial charge in [0.05, 0.1) is 6.54 Å². The van der Waals surface area contributed by atoms with Crippen LogP contribution in [0, 0.1) is 0 Å². The van der Waals surface area contributed by atoms with Gasteiger partial charge in [-0.05, 0) is 76.5 Å². The lowest BCUT2D eigenvalue weighted by atomic mass is 9.85. The number of hydrogen-bond acceptors (Lipinski definition) is 6. The highest BCUT2D eigenvalue weighted by molar-refractivity contribution is 6.01. The normalized spacial score (nSPS) is 28.9. The first kappa shape index (κ1) is 21.8. The highest BCUT2D eigenvalue weighted by Crippen LogP contribution is 2.43. The Balaban J connectivity index is 1.34. The molecule has 3 atom stereocenters. The molecular formula is C24H33N3O4. The van der Waals surface area contributed by atoms with Crippen LogP contribution in [0.15, 0.2) is 24.3 Å². The molecule has 2 amide bonds. The fourth-order valence-electron chi connectivity index (χ4n) is 5.21. The molecule has 2 bridgehead atoms. The molecule has 7 heteroatoms. The van der Waals surface area contributed by atoms with Gasteiger partial charge in [0.25, 0.3) is 0 Å². The summed E-state index contributed by atoms with van der Waals surface area (Å²) >= 11 is 0. The van der Waals surface area contributed by atoms with Crippen molar-refractivity contribution in [3.8, 4) is 0 Å². The van der Waals surface area contributed by atoms with E-state index in [2.05, 4.69) is 27.7 Å². The van der Waals surface area contributed by atoms with E-state index in [1.54, 1.807) is 0 Å². The number of piperidine rings is 2. The van der Waals surface area contributed by atoms with Gasteiger partial charge >= 0.3 is 5.97 Å². The van der Waals surface area contributed by atoms with Crippen molar-refractivity contribution in [2.45, 2.75) is 88.9 Å². The van der Waals surface area contributed by atoms with Crippen LogP contribution in [-0.4, -0.2) is 53.0 Å². The second kappa shape index (κ2) is 8.61. The molecule has 3 unspecified atom stereocenters. The van der Waals surface area contributed by atoms with Gasteiger partial charge in [-0.3, -0.25) is 24.6 Å². The molecule has 31 heavy (non-hydrogen) atoms. The van der Waals surface area contributed by atoms with Gasteiger partial charge in [0, 0.05) is 24.2 Å². The fraction of sp³-hybridized carbons (Fsp3) is 0.625. The second-order valence-corrected chi connectivity index (χ2v) is 10.1. The Hall–Kier alpha value is -2.41. The zero-order valence-electron chi connectivity index (χ0n) is 18.6. The number of rotatable bonds is 5. The molecule has 0 aromatic heterocycles. The number of carbonyl (C=O) groups is 3. The summed E-state index contributed by atoms with van der Waals surface area (Å²) in [6, 6.07) is 8.82. The van der Waals surface area contributed by atoms with E-state index in [1.165, 1.54) is 5.56 Å². The average molecular weight is 428 g/mol. The van der Waals surface area contributed by atoms with E-state index in [0.29, 0.717) is 37.4 Å². The Kier molecular flexibility index (Phi) is 6.06. The fourth-order valence-corrected chi connectivity index (χ4v) is 5.21. The lowest BCUT2D eigenvalue weighted by Crippen LogP contribution is -2.47. The quantitative estimate of drug-likeness (QED) is 0.555. The highest BCUT2D eigenvalue weighted by atomic mass is 16.6. The molecule has 0 aliphatic carbocycles. The van der Waals surface area contributed by atoms with Crippen LogP contribution in [0.25, 0.3) is 0 Å². The Morgan fingerprint density at radius 1 is 1.10 bits per heavy atom. The van der Waals surface area contributed by atoms with Crippen molar-refractivity contribution in [3.63, 3.8) is 0 Å². The van der Waals surface area contributed by atoms with E-state index in [9.17, 15) is 14.4 Å². The maximum absolute atomic E-state index is 12.3. The second-order valence-electron chi connectivity index (χ2n) is 10.1. The molecule has 2 N–H and O–H groups in total. The minimum Gasteiger partial charge on any atom is -0.459 e. The Morgan fingerprint density at radius 3 is 2.32 bits per heavy atom. The molecule has 7 nitrogen and oxygen atoms in total. The van der Waals surface area contributed by atoms with Crippen LogP contribution in [0.1, 0.15) is 70.8 Å². The summed E-state index contributed by atoms with van der Waals surface area (Å²) in [5.74, 6) is -0.107. The molecule has 0 saturated carbocycles. The minimum absolute atomic E-state index is 0.133. The Labute approximate surface area is 183 Å². The van der Waals surface area contributed by atoms with Gasteiger partial charge in [0.2, 0.25) is 11.8 Å². The van der Waals surface area contributed by atoms with Crippen molar-refractivity contribution >= 4 is 23.5 Å². The zero-order valence-corrected chi connectivity index (χ0v) is 18.6. The standard InChI is InChI=1S/C24H33N3O4/c1-24(2,3)31-22(29)14-27-18-8-9-19(27)13-16(12-18)15-4-6-17(7-5-15)25-20-10-11-21(28)26-23(20)30/h4-7,16,18-20,25H,8-14H2,1-3H3,(H,26,28,30). The molecule has 0 spiro atoms. The number of esters is 1. The van der Waals surface area contributed by atoms with E-state index in [0.717, 1.165) is 31.4 Å². The van der Waals surface area contributed by atoms with Gasteiger partial charge in [-0.2, -0.15) is 0 Å². The molecule has 1 aromatic carbocycles. The summed E-state index contributed by atoms with van der Waals surface area (Å²) in [7, 11) is 0. The summed E-state index contributed by atoms with van der Waals surface area (Å²) in [4.78, 5) is 37.9. The largest absolute Gasteiger partial charge is 0.459 e. The molecule has 3 saturated heterocycles. The summed E-state index contributed by atoms with van der Waals surface area (Å²) in [6.07, 6.45) is 5.27. The highest BCUT2D eigenvalue weighted by Gasteiger charge is 2.42. The van der Waals surface area contributed by atoms with E-state index < -0.39 is 5.60 Å². The third-order valence-corrected chi connectivity index (χ3v) is 6.58. The van der Waals surface area contributed by atoms with Gasteiger partial charge in [0.1, 0.15) is 11.6 Å². The summed E-state index contributed by atoms with van der Waals surface area (Å²) < 4.78 is 5.53. The van der Waals surface area contributed by atoms with Crippen LogP contribution < -0.4 is 10.6 Å². The van der Waals surface area contributed by atoms with Crippen LogP contribution in [0.4, 0.5) is 5.69 Å². The van der Waals surface area contributed by atoms with Gasteiger partial charge in [0.15, 0.2) is 0 Å². The number of benzene rings is 1. The third-order valence-electron chi connectivity index (χ3n) is 6.58. The molecular weight excluding hydrogens is 394 g/mol. The van der Waals surface area contributed by atoms with Crippen LogP contribution in [-0.2, 0) is 19.1 Å². The van der Waals surface area contributed by atoms with Gasteiger partial charge in [-0.25, -0.2) is 0 Å². The van der Waals surface area contributed by atoms with Gasteiger partial charge < -0.3 is 10.1 Å². The smallest absolute Gasteiger partial charge is 0.320 e. The van der Waals surface area contributed by atoms with Crippen molar-refractivity contribution < 1.29 is 19.1 Å². The monoisotopic (exact) mass is 427 g/mol. The van der Waals surface area contributed by atoms with Crippen molar-refractivity contribution in [1.29, 1.82) is 0 Å². The van der Waals surface area contributed by atoms with E-state index in [-0.39, 0.29) is 23.8 Å². The number of nitrogens with zero attached hydrogens (tertiary/aromatic N) is 1. The van der Waals surface area contributed by atoms with Crippen LogP contribution >= 0.6 is 0 Å². The maximum atomic E-state index is 12.3. The summed E-state index contributed by atoms with van der Waals surface area (Å²) in [5.41, 5.74) is 1.75. The predicted molar refractivity (Wildman–Crippen MR) is 118 cm³/mol. The number of imide groups is 1. The van der Waals surface area contributed by atoms with Crippen molar-refractivity contribution in [1.82, 2.24) is 10.2 Å². The molecule has 3 fully saturated rings. The number of hydrogen-bond donors (Lipinski definition) is 2. The van der Waals surface area contributed by atoms with Crippen molar-refractivity contribution in [3.05, 3.63) is 29.8 Å². The van der Waals surface area contributed by atoms with Crippen LogP contribution in [0.5, 0.6) is 0 Å². The molecule has 3 heterocycles. The van der Waals surface area contributed by atoms with Crippen molar-refractivity contribution in [2.75, 3.05) is 11.9 Å². The zero-order chi connectivity index (χ0) is 22.2. The van der Waals surface area contributed by atoms with Crippen LogP contribution in [0.3, 0.4) is 0 Å². The van der Waals surface area contributed by atoms with Crippen molar-refractivity contribution in [2.24, 2.45) is 0 Å². The Bertz CT molecular complexity index is 831. The number of nitrogens with one attached hydrogen (secondary N) is 2. The molecule has 0 radical (unpaired) electrons. The Morgan fingerprint density at radius 2 is 1.74 bits per heavy atom. The molecule has 3 aliphatic heterocycles. The first-order valence-corrected chi connectivity index (χ1v) is 11.4. The van der Waals surface area contributed by atoms with Crippen LogP contribution in [0.2, 0.25) is 0 Å². The van der Waals surface area contributed by atoms with Gasteiger partial charge in [-0.1, -0.05) is 12.1 Å². The number of carbonyl (C=O) groups excluding carboxylic acids is 3. The number of amides is 2. The lowest BCUT2D eigenvalue weighted by molar-refractivity contribution is -0.157. The molecule has 1 aromatic rings. The van der Waals surface area contributed by atoms with E-state index >= 15 is 0 Å². The molecule has 4 rings (SSSR count). The number of anilines is 1. The maximum Gasteiger partial charge on any atom is 0.320 e. The molecule has 3 aliphatic rings. The lowest BCUT2D eigenvalue weighted by Gasteiger charge is -2.39. The molecule has 168 valence electrons. The summed E-state index contributed by atoms with van der Waals surface area (Å²) in [5, 5.41) is 5.62. The van der Waals surface area contributed by atoms with Gasteiger partial charge in [-0.15, -0.1) is 0 Å². The van der Waals surface area contributed by atoms with E-state index in [1.807, 2.05) is 32.9 Å². The summed E-state index contributed by atoms with van der Waals surface area (Å²) in [6.45, 7) is 6.10. The number of ether oxygens (including phenoxy) is 1. The topological polar surface area (TPSA) is 87.7 Å². The predicted octanol–water partition coefficient (Wildman–Crippen LogP) is 2.96. The first-order valence-electron chi connectivity index (χ1n) is 11.4. The number of fused-ring (bicyclic) bond motifs is 2. The van der Waals surface area contributed by atoms with E-state index in [4.69, 9.17) is 4.74 Å². The third kappa shape index (κ3) is 5.26. The first-order chi connectivity index (χ1) is 14.7. The minimum atomic E-state index is -0.446. The SMILES string of the molecule is CC(C)(C)OC(=O)CN1C2CCC1CC(c1ccc(NC3CCC(=O)NC3=O)cc1)C2.